The lowest BCUT2D eigenvalue weighted by atomic mass is 10.1. The minimum Gasteiger partial charge on any atom is -0.329 e. The van der Waals surface area contributed by atoms with Gasteiger partial charge in [-0.05, 0) is 24.1 Å². The van der Waals surface area contributed by atoms with Crippen LogP contribution in [0.1, 0.15) is 12.5 Å². The van der Waals surface area contributed by atoms with E-state index in [0.29, 0.717) is 0 Å². The van der Waals surface area contributed by atoms with Crippen molar-refractivity contribution >= 4 is 5.57 Å². The Kier molecular flexibility index (Phi) is 2.64. The van der Waals surface area contributed by atoms with Gasteiger partial charge in [-0.15, -0.1) is 0 Å². The summed E-state index contributed by atoms with van der Waals surface area (Å²) in [5.41, 5.74) is 1.61. The first-order chi connectivity index (χ1) is 5.74. The van der Waals surface area contributed by atoms with Crippen molar-refractivity contribution in [3.05, 3.63) is 53.0 Å². The third-order valence-electron chi connectivity index (χ3n) is 1.51. The Bertz CT molecular complexity index is 360. The maximum atomic E-state index is 10.9. The molecular weight excluding hydrogens is 150 g/mol. The molecule has 0 aliphatic heterocycles. The lowest BCUT2D eigenvalue weighted by Crippen LogP contribution is -2.02. The Morgan fingerprint density at radius 3 is 3.00 bits per heavy atom. The lowest BCUT2D eigenvalue weighted by Gasteiger charge is -1.97. The standard InChI is InChI=1S/C10H11NO/c1-3-4-8(2)9-5-6-11-10(12)7-9/h3-7H,2H2,1H3,(H,11,12)/b4-3-. The minimum absolute atomic E-state index is 0.0989. The number of hydrogen-bond donors (Lipinski definition) is 1. The second-order valence-corrected chi connectivity index (χ2v) is 2.47. The normalized spacial score (nSPS) is 10.4. The zero-order valence-electron chi connectivity index (χ0n) is 7.00. The van der Waals surface area contributed by atoms with E-state index in [9.17, 15) is 4.79 Å². The van der Waals surface area contributed by atoms with Gasteiger partial charge in [-0.1, -0.05) is 18.7 Å². The van der Waals surface area contributed by atoms with Crippen LogP contribution < -0.4 is 5.56 Å². The quantitative estimate of drug-likeness (QED) is 0.661. The van der Waals surface area contributed by atoms with Crippen LogP contribution in [-0.4, -0.2) is 4.98 Å². The fourth-order valence-corrected chi connectivity index (χ4v) is 0.942. The summed E-state index contributed by atoms with van der Waals surface area (Å²) in [5.74, 6) is 0. The molecule has 0 saturated heterocycles. The maximum Gasteiger partial charge on any atom is 0.248 e. The van der Waals surface area contributed by atoms with Gasteiger partial charge < -0.3 is 4.98 Å². The monoisotopic (exact) mass is 161 g/mol. The van der Waals surface area contributed by atoms with Crippen LogP contribution in [0.2, 0.25) is 0 Å². The zero-order chi connectivity index (χ0) is 8.97. The Labute approximate surface area is 71.3 Å². The third kappa shape index (κ3) is 1.95. The smallest absolute Gasteiger partial charge is 0.248 e. The fourth-order valence-electron chi connectivity index (χ4n) is 0.942. The van der Waals surface area contributed by atoms with Crippen molar-refractivity contribution < 1.29 is 0 Å². The highest BCUT2D eigenvalue weighted by Gasteiger charge is 1.93. The van der Waals surface area contributed by atoms with Gasteiger partial charge in [0.25, 0.3) is 0 Å². The molecule has 0 aliphatic carbocycles. The summed E-state index contributed by atoms with van der Waals surface area (Å²) in [6, 6.07) is 3.35. The van der Waals surface area contributed by atoms with E-state index in [1.807, 2.05) is 25.1 Å². The average Bonchev–Trinajstić information content (AvgIpc) is 2.05. The van der Waals surface area contributed by atoms with E-state index in [2.05, 4.69) is 11.6 Å². The number of rotatable bonds is 2. The van der Waals surface area contributed by atoms with E-state index in [4.69, 9.17) is 0 Å². The molecule has 0 saturated carbocycles. The molecule has 0 radical (unpaired) electrons. The first-order valence-electron chi connectivity index (χ1n) is 3.75. The molecule has 1 aromatic heterocycles. The predicted molar refractivity (Wildman–Crippen MR) is 50.9 cm³/mol. The molecule has 1 N–H and O–H groups in total. The first-order valence-corrected chi connectivity index (χ1v) is 3.75. The molecule has 1 heterocycles. The number of allylic oxidation sites excluding steroid dienone is 3. The van der Waals surface area contributed by atoms with Crippen LogP contribution in [0.15, 0.2) is 41.9 Å². The van der Waals surface area contributed by atoms with Crippen molar-refractivity contribution in [1.29, 1.82) is 0 Å². The summed E-state index contributed by atoms with van der Waals surface area (Å²) >= 11 is 0. The van der Waals surface area contributed by atoms with Crippen LogP contribution in [0, 0.1) is 0 Å². The van der Waals surface area contributed by atoms with Crippen molar-refractivity contribution in [2.24, 2.45) is 0 Å². The van der Waals surface area contributed by atoms with Gasteiger partial charge in [0.2, 0.25) is 5.56 Å². The average molecular weight is 161 g/mol. The highest BCUT2D eigenvalue weighted by molar-refractivity contribution is 5.71. The Morgan fingerprint density at radius 2 is 2.42 bits per heavy atom. The van der Waals surface area contributed by atoms with Gasteiger partial charge >= 0.3 is 0 Å². The van der Waals surface area contributed by atoms with E-state index >= 15 is 0 Å². The highest BCUT2D eigenvalue weighted by atomic mass is 16.1. The van der Waals surface area contributed by atoms with E-state index in [1.54, 1.807) is 6.20 Å². The molecule has 0 fully saturated rings. The molecule has 0 amide bonds. The highest BCUT2D eigenvalue weighted by Crippen LogP contribution is 2.09. The van der Waals surface area contributed by atoms with Crippen molar-refractivity contribution in [1.82, 2.24) is 4.98 Å². The SMILES string of the molecule is C=C(/C=C\C)c1cc[nH]c(=O)c1. The molecule has 2 nitrogen and oxygen atoms in total. The zero-order valence-corrected chi connectivity index (χ0v) is 7.00. The van der Waals surface area contributed by atoms with Gasteiger partial charge in [0.15, 0.2) is 0 Å². The largest absolute Gasteiger partial charge is 0.329 e. The molecule has 2 heteroatoms. The number of aromatic nitrogens is 1. The number of H-pyrrole nitrogens is 1. The molecule has 0 atom stereocenters. The Morgan fingerprint density at radius 1 is 1.67 bits per heavy atom. The second-order valence-electron chi connectivity index (χ2n) is 2.47. The third-order valence-corrected chi connectivity index (χ3v) is 1.51. The van der Waals surface area contributed by atoms with Gasteiger partial charge in [-0.25, -0.2) is 0 Å². The molecule has 1 aromatic rings. The molecule has 0 aliphatic rings. The van der Waals surface area contributed by atoms with Crippen molar-refractivity contribution in [2.75, 3.05) is 0 Å². The number of pyridine rings is 1. The van der Waals surface area contributed by atoms with Crippen LogP contribution in [0.25, 0.3) is 5.57 Å². The van der Waals surface area contributed by atoms with Crippen LogP contribution >= 0.6 is 0 Å². The summed E-state index contributed by atoms with van der Waals surface area (Å²) in [4.78, 5) is 13.4. The lowest BCUT2D eigenvalue weighted by molar-refractivity contribution is 1.23. The molecule has 12 heavy (non-hydrogen) atoms. The summed E-state index contributed by atoms with van der Waals surface area (Å²) < 4.78 is 0. The molecule has 62 valence electrons. The van der Waals surface area contributed by atoms with Crippen LogP contribution in [0.5, 0.6) is 0 Å². The summed E-state index contributed by atoms with van der Waals surface area (Å²) in [6.07, 6.45) is 5.38. The molecule has 0 unspecified atom stereocenters. The number of nitrogens with one attached hydrogen (secondary N) is 1. The van der Waals surface area contributed by atoms with Crippen LogP contribution in [0.3, 0.4) is 0 Å². The van der Waals surface area contributed by atoms with Gasteiger partial charge in [-0.2, -0.15) is 0 Å². The molecule has 0 spiro atoms. The van der Waals surface area contributed by atoms with E-state index < -0.39 is 0 Å². The van der Waals surface area contributed by atoms with E-state index in [1.165, 1.54) is 6.07 Å². The van der Waals surface area contributed by atoms with Crippen molar-refractivity contribution in [3.63, 3.8) is 0 Å². The Balaban J connectivity index is 3.04. The minimum atomic E-state index is -0.0989. The predicted octanol–water partition coefficient (Wildman–Crippen LogP) is 1.96. The topological polar surface area (TPSA) is 32.9 Å². The van der Waals surface area contributed by atoms with Gasteiger partial charge in [-0.3, -0.25) is 4.79 Å². The number of hydrogen-bond acceptors (Lipinski definition) is 1. The maximum absolute atomic E-state index is 10.9. The van der Waals surface area contributed by atoms with Crippen LogP contribution in [-0.2, 0) is 0 Å². The van der Waals surface area contributed by atoms with E-state index in [-0.39, 0.29) is 5.56 Å². The van der Waals surface area contributed by atoms with Crippen LogP contribution in [0.4, 0.5) is 0 Å². The fraction of sp³-hybridized carbons (Fsp3) is 0.100. The molecular formula is C10H11NO. The summed E-state index contributed by atoms with van der Waals surface area (Å²) in [7, 11) is 0. The van der Waals surface area contributed by atoms with Gasteiger partial charge in [0.05, 0.1) is 0 Å². The van der Waals surface area contributed by atoms with Gasteiger partial charge in [0.1, 0.15) is 0 Å². The van der Waals surface area contributed by atoms with Gasteiger partial charge in [0, 0.05) is 12.3 Å². The molecule has 0 bridgehead atoms. The second kappa shape index (κ2) is 3.72. The summed E-state index contributed by atoms with van der Waals surface area (Å²) in [6.45, 7) is 5.73. The van der Waals surface area contributed by atoms with Crippen molar-refractivity contribution in [2.45, 2.75) is 6.92 Å². The van der Waals surface area contributed by atoms with E-state index in [0.717, 1.165) is 11.1 Å². The summed E-state index contributed by atoms with van der Waals surface area (Å²) in [5, 5.41) is 0. The first kappa shape index (κ1) is 8.53. The Hall–Kier alpha value is -1.57. The molecule has 1 rings (SSSR count). The van der Waals surface area contributed by atoms with Crippen molar-refractivity contribution in [3.8, 4) is 0 Å². The number of aromatic amines is 1. The molecule has 0 aromatic carbocycles.